The number of hydrogen-bond acceptors (Lipinski definition) is 4. The average Bonchev–Trinajstić information content (AvgIpc) is 3.00. The molecule has 0 saturated carbocycles. The van der Waals surface area contributed by atoms with Crippen LogP contribution in [0.3, 0.4) is 0 Å². The molecular weight excluding hydrogens is 585 g/mol. The van der Waals surface area contributed by atoms with Gasteiger partial charge in [0.2, 0.25) is 0 Å². The van der Waals surface area contributed by atoms with E-state index in [9.17, 15) is 19.8 Å². The molecule has 0 aliphatic carbocycles. The van der Waals surface area contributed by atoms with Gasteiger partial charge in [-0.05, 0) is 26.7 Å². The molecule has 6 heteroatoms. The highest BCUT2D eigenvalue weighted by molar-refractivity contribution is 8.78. The van der Waals surface area contributed by atoms with E-state index in [-0.39, 0.29) is 0 Å². The Labute approximate surface area is 282 Å². The van der Waals surface area contributed by atoms with E-state index >= 15 is 0 Å². The van der Waals surface area contributed by atoms with Crippen LogP contribution in [0.15, 0.2) is 0 Å². The van der Waals surface area contributed by atoms with Crippen molar-refractivity contribution in [1.82, 2.24) is 0 Å². The molecule has 4 nitrogen and oxygen atoms in total. The molecule has 0 radical (unpaired) electrons. The summed E-state index contributed by atoms with van der Waals surface area (Å²) in [7, 11) is 2.55. The summed E-state index contributed by atoms with van der Waals surface area (Å²) in [5, 5.41) is 20.0. The summed E-state index contributed by atoms with van der Waals surface area (Å²) in [6.45, 7) is 8.10. The fraction of sp³-hybridized carbons (Fsp3) is 0.947. The summed E-state index contributed by atoms with van der Waals surface area (Å²) in [5.74, 6) is -1.65. The first-order chi connectivity index (χ1) is 21.2. The maximum absolute atomic E-state index is 12.2. The normalized spacial score (nSPS) is 14.4. The van der Waals surface area contributed by atoms with Crippen molar-refractivity contribution in [3.63, 3.8) is 0 Å². The summed E-state index contributed by atoms with van der Waals surface area (Å²) in [5.41, 5.74) is 0. The van der Waals surface area contributed by atoms with Crippen molar-refractivity contribution in [2.75, 3.05) is 0 Å². The summed E-state index contributed by atoms with van der Waals surface area (Å²) in [4.78, 5) is 24.4. The maximum Gasteiger partial charge on any atom is 0.320 e. The quantitative estimate of drug-likeness (QED) is 0.0521. The lowest BCUT2D eigenvalue weighted by molar-refractivity contribution is -0.140. The Morgan fingerprint density at radius 2 is 0.568 bits per heavy atom. The largest absolute Gasteiger partial charge is 0.480 e. The number of carbonyl (C=O) groups is 2. The first-order valence-electron chi connectivity index (χ1n) is 19.1. The second-order valence-corrected chi connectivity index (χ2v) is 17.1. The van der Waals surface area contributed by atoms with E-state index in [4.69, 9.17) is 0 Å². The van der Waals surface area contributed by atoms with Gasteiger partial charge in [0.1, 0.15) is 9.49 Å². The van der Waals surface area contributed by atoms with Gasteiger partial charge in [-0.25, -0.2) is 0 Å². The first kappa shape index (κ1) is 43.6. The van der Waals surface area contributed by atoms with Crippen LogP contribution in [0.1, 0.15) is 220 Å². The Kier molecular flexibility index (Phi) is 29.8. The molecule has 0 aliphatic heterocycles. The van der Waals surface area contributed by atoms with Gasteiger partial charge in [-0.1, -0.05) is 215 Å². The predicted molar refractivity (Wildman–Crippen MR) is 197 cm³/mol. The van der Waals surface area contributed by atoms with Crippen LogP contribution in [0, 0.1) is 0 Å². The molecular formula is C38H74O4S2. The molecule has 0 amide bonds. The van der Waals surface area contributed by atoms with E-state index in [1.165, 1.54) is 163 Å². The topological polar surface area (TPSA) is 74.6 Å². The van der Waals surface area contributed by atoms with Crippen LogP contribution in [0.4, 0.5) is 0 Å². The predicted octanol–water partition coefficient (Wildman–Crippen LogP) is 13.8. The zero-order valence-electron chi connectivity index (χ0n) is 29.7. The van der Waals surface area contributed by atoms with Crippen LogP contribution < -0.4 is 0 Å². The minimum absolute atomic E-state index is 0.590. The van der Waals surface area contributed by atoms with E-state index < -0.39 is 21.4 Å². The standard InChI is InChI=1S/C38H74O4S2/c1-5-7-9-11-13-15-17-19-21-23-25-27-29-31-33-37(3,35(39)40)43-44-38(4,36(41)42)34-32-30-28-26-24-22-20-18-16-14-12-10-8-6-2/h5-34H2,1-4H3,(H,39,40)(H,41,42). The lowest BCUT2D eigenvalue weighted by Gasteiger charge is -2.29. The second-order valence-electron chi connectivity index (χ2n) is 13.9. The van der Waals surface area contributed by atoms with Crippen LogP contribution >= 0.6 is 21.6 Å². The van der Waals surface area contributed by atoms with Gasteiger partial charge in [-0.3, -0.25) is 9.59 Å². The maximum atomic E-state index is 12.2. The molecule has 2 unspecified atom stereocenters. The molecule has 262 valence electrons. The molecule has 0 heterocycles. The fourth-order valence-corrected chi connectivity index (χ4v) is 8.86. The number of rotatable bonds is 35. The molecule has 0 aromatic carbocycles. The molecule has 2 N–H and O–H groups in total. The lowest BCUT2D eigenvalue weighted by Crippen LogP contribution is -2.35. The highest BCUT2D eigenvalue weighted by Crippen LogP contribution is 2.48. The zero-order valence-corrected chi connectivity index (χ0v) is 31.4. The summed E-state index contributed by atoms with van der Waals surface area (Å²) in [6.07, 6.45) is 37.0. The third-order valence-corrected chi connectivity index (χ3v) is 13.4. The van der Waals surface area contributed by atoms with Gasteiger partial charge in [-0.2, -0.15) is 0 Å². The Morgan fingerprint density at radius 1 is 0.386 bits per heavy atom. The van der Waals surface area contributed by atoms with Gasteiger partial charge in [0, 0.05) is 0 Å². The van der Waals surface area contributed by atoms with Crippen molar-refractivity contribution in [2.24, 2.45) is 0 Å². The zero-order chi connectivity index (χ0) is 32.8. The molecule has 0 fully saturated rings. The van der Waals surface area contributed by atoms with Crippen molar-refractivity contribution in [3.8, 4) is 0 Å². The molecule has 0 spiro atoms. The van der Waals surface area contributed by atoms with E-state index in [2.05, 4.69) is 13.8 Å². The minimum Gasteiger partial charge on any atom is -0.480 e. The van der Waals surface area contributed by atoms with E-state index in [0.717, 1.165) is 38.5 Å². The van der Waals surface area contributed by atoms with Crippen molar-refractivity contribution in [2.45, 2.75) is 230 Å². The summed E-state index contributed by atoms with van der Waals surface area (Å²) in [6, 6.07) is 0. The smallest absolute Gasteiger partial charge is 0.320 e. The summed E-state index contributed by atoms with van der Waals surface area (Å²) >= 11 is 0. The molecule has 0 bridgehead atoms. The summed E-state index contributed by atoms with van der Waals surface area (Å²) < 4.78 is -1.90. The Balaban J connectivity index is 4.05. The molecule has 0 aromatic rings. The highest BCUT2D eigenvalue weighted by atomic mass is 33.1. The second kappa shape index (κ2) is 30.0. The van der Waals surface area contributed by atoms with Gasteiger partial charge >= 0.3 is 11.9 Å². The molecule has 2 atom stereocenters. The molecule has 0 aliphatic rings. The minimum atomic E-state index is -0.950. The number of hydrogen-bond donors (Lipinski definition) is 2. The monoisotopic (exact) mass is 659 g/mol. The van der Waals surface area contributed by atoms with Crippen molar-refractivity contribution in [1.29, 1.82) is 0 Å². The van der Waals surface area contributed by atoms with Crippen LogP contribution in [-0.2, 0) is 9.59 Å². The van der Waals surface area contributed by atoms with Crippen LogP contribution in [0.25, 0.3) is 0 Å². The Hall–Kier alpha value is -0.360. The highest BCUT2D eigenvalue weighted by Gasteiger charge is 2.40. The van der Waals surface area contributed by atoms with E-state index in [1.807, 2.05) is 0 Å². The van der Waals surface area contributed by atoms with Crippen molar-refractivity contribution >= 4 is 33.5 Å². The van der Waals surface area contributed by atoms with Crippen LogP contribution in [-0.4, -0.2) is 31.6 Å². The van der Waals surface area contributed by atoms with E-state index in [1.54, 1.807) is 13.8 Å². The van der Waals surface area contributed by atoms with Crippen molar-refractivity contribution in [3.05, 3.63) is 0 Å². The van der Waals surface area contributed by atoms with Gasteiger partial charge in [-0.15, -0.1) is 0 Å². The number of aliphatic carboxylic acids is 2. The van der Waals surface area contributed by atoms with Crippen LogP contribution in [0.5, 0.6) is 0 Å². The molecule has 0 saturated heterocycles. The van der Waals surface area contributed by atoms with Crippen molar-refractivity contribution < 1.29 is 19.8 Å². The Morgan fingerprint density at radius 3 is 0.750 bits per heavy atom. The number of carboxylic acids is 2. The molecule has 44 heavy (non-hydrogen) atoms. The van der Waals surface area contributed by atoms with Gasteiger partial charge in [0.05, 0.1) is 0 Å². The van der Waals surface area contributed by atoms with E-state index in [0.29, 0.717) is 12.8 Å². The SMILES string of the molecule is CCCCCCCCCCCCCCCCC(C)(SSC(C)(CCCCCCCCCCCCCCCC)C(=O)O)C(=O)O. The van der Waals surface area contributed by atoms with Crippen LogP contribution in [0.2, 0.25) is 0 Å². The van der Waals surface area contributed by atoms with Gasteiger partial charge in [0.15, 0.2) is 0 Å². The molecule has 0 aromatic heterocycles. The van der Waals surface area contributed by atoms with Gasteiger partial charge < -0.3 is 10.2 Å². The average molecular weight is 659 g/mol. The fourth-order valence-electron chi connectivity index (χ4n) is 5.87. The Bertz CT molecular complexity index is 617. The first-order valence-corrected chi connectivity index (χ1v) is 21.2. The third-order valence-electron chi connectivity index (χ3n) is 9.33. The van der Waals surface area contributed by atoms with Gasteiger partial charge in [0.25, 0.3) is 0 Å². The number of carboxylic acid groups (broad SMARTS) is 2. The number of unbranched alkanes of at least 4 members (excludes halogenated alkanes) is 26. The lowest BCUT2D eigenvalue weighted by atomic mass is 10.0. The third kappa shape index (κ3) is 24.8. The molecule has 0 rings (SSSR count).